The number of nitrogen functional groups attached to an aromatic ring is 1. The number of halogens is 3. The summed E-state index contributed by atoms with van der Waals surface area (Å²) < 4.78 is 38.0. The van der Waals surface area contributed by atoms with E-state index < -0.39 is 23.3 Å². The minimum atomic E-state index is -4.59. The summed E-state index contributed by atoms with van der Waals surface area (Å²) in [5.74, 6) is -0.665. The summed E-state index contributed by atoms with van der Waals surface area (Å²) in [4.78, 5) is 15.8. The SMILES string of the molecule is Nc1c(C(=O)NCc2cscn2)cccc1C(F)(F)F. The number of nitrogens with zero attached hydrogens (tertiary/aromatic N) is 1. The molecule has 0 bridgehead atoms. The maximum atomic E-state index is 12.7. The number of aromatic nitrogens is 1. The first kappa shape index (κ1) is 14.3. The highest BCUT2D eigenvalue weighted by Gasteiger charge is 2.34. The third-order valence-corrected chi connectivity index (χ3v) is 3.20. The summed E-state index contributed by atoms with van der Waals surface area (Å²) in [6, 6.07) is 3.24. The van der Waals surface area contributed by atoms with Gasteiger partial charge in [0.1, 0.15) is 0 Å². The van der Waals surface area contributed by atoms with Crippen molar-refractivity contribution < 1.29 is 18.0 Å². The van der Waals surface area contributed by atoms with Gasteiger partial charge in [0, 0.05) is 5.38 Å². The van der Waals surface area contributed by atoms with E-state index >= 15 is 0 Å². The normalized spacial score (nSPS) is 11.3. The van der Waals surface area contributed by atoms with E-state index in [1.54, 1.807) is 10.9 Å². The molecule has 0 aliphatic rings. The van der Waals surface area contributed by atoms with E-state index in [2.05, 4.69) is 10.3 Å². The van der Waals surface area contributed by atoms with Crippen LogP contribution in [0.1, 0.15) is 21.6 Å². The zero-order chi connectivity index (χ0) is 14.8. The number of nitrogens with two attached hydrogens (primary N) is 1. The number of thiazole rings is 1. The highest BCUT2D eigenvalue weighted by Crippen LogP contribution is 2.34. The summed E-state index contributed by atoms with van der Waals surface area (Å²) in [6.45, 7) is 0.137. The van der Waals surface area contributed by atoms with Gasteiger partial charge in [0.25, 0.3) is 5.91 Å². The van der Waals surface area contributed by atoms with Crippen molar-refractivity contribution in [2.75, 3.05) is 5.73 Å². The Labute approximate surface area is 116 Å². The first-order valence-corrected chi connectivity index (χ1v) is 6.45. The van der Waals surface area contributed by atoms with E-state index in [0.29, 0.717) is 5.69 Å². The third-order valence-electron chi connectivity index (χ3n) is 2.57. The monoisotopic (exact) mass is 301 g/mol. The van der Waals surface area contributed by atoms with Crippen molar-refractivity contribution in [1.82, 2.24) is 10.3 Å². The van der Waals surface area contributed by atoms with Crippen LogP contribution in [0, 0.1) is 0 Å². The Morgan fingerprint density at radius 3 is 2.75 bits per heavy atom. The largest absolute Gasteiger partial charge is 0.418 e. The van der Waals surface area contributed by atoms with Crippen LogP contribution in [-0.2, 0) is 12.7 Å². The van der Waals surface area contributed by atoms with Crippen LogP contribution in [0.3, 0.4) is 0 Å². The number of benzene rings is 1. The van der Waals surface area contributed by atoms with Gasteiger partial charge in [0.2, 0.25) is 0 Å². The maximum Gasteiger partial charge on any atom is 0.418 e. The zero-order valence-electron chi connectivity index (χ0n) is 10.1. The molecule has 20 heavy (non-hydrogen) atoms. The first-order valence-electron chi connectivity index (χ1n) is 5.50. The number of hydrogen-bond donors (Lipinski definition) is 2. The van der Waals surface area contributed by atoms with Gasteiger partial charge >= 0.3 is 6.18 Å². The van der Waals surface area contributed by atoms with E-state index in [4.69, 9.17) is 5.73 Å². The Kier molecular flexibility index (Phi) is 3.93. The second-order valence-corrected chi connectivity index (χ2v) is 4.65. The number of nitrogens with one attached hydrogen (secondary N) is 1. The van der Waals surface area contributed by atoms with Crippen LogP contribution in [0.2, 0.25) is 0 Å². The summed E-state index contributed by atoms with van der Waals surface area (Å²) in [5.41, 5.74) is 5.87. The summed E-state index contributed by atoms with van der Waals surface area (Å²) in [7, 11) is 0. The molecule has 0 spiro atoms. The quantitative estimate of drug-likeness (QED) is 0.856. The number of para-hydroxylation sites is 1. The van der Waals surface area contributed by atoms with Gasteiger partial charge in [-0.15, -0.1) is 11.3 Å². The highest BCUT2D eigenvalue weighted by molar-refractivity contribution is 7.07. The molecule has 1 amide bonds. The molecule has 2 rings (SSSR count). The number of carbonyl (C=O) groups excluding carboxylic acids is 1. The van der Waals surface area contributed by atoms with Gasteiger partial charge < -0.3 is 11.1 Å². The molecule has 0 radical (unpaired) electrons. The van der Waals surface area contributed by atoms with Crippen LogP contribution >= 0.6 is 11.3 Å². The molecule has 2 aromatic rings. The number of carbonyl (C=O) groups is 1. The summed E-state index contributed by atoms with van der Waals surface area (Å²) >= 11 is 1.36. The molecule has 0 saturated heterocycles. The molecule has 0 saturated carbocycles. The van der Waals surface area contributed by atoms with Crippen molar-refractivity contribution in [3.8, 4) is 0 Å². The lowest BCUT2D eigenvalue weighted by Gasteiger charge is -2.13. The average Bonchev–Trinajstić information content (AvgIpc) is 2.88. The molecule has 106 valence electrons. The predicted octanol–water partition coefficient (Wildman–Crippen LogP) is 2.67. The molecular weight excluding hydrogens is 291 g/mol. The number of hydrogen-bond acceptors (Lipinski definition) is 4. The number of amides is 1. The lowest BCUT2D eigenvalue weighted by atomic mass is 10.1. The molecule has 0 aliphatic carbocycles. The molecule has 1 aromatic carbocycles. The van der Waals surface area contributed by atoms with Crippen LogP contribution in [-0.4, -0.2) is 10.9 Å². The van der Waals surface area contributed by atoms with E-state index in [1.807, 2.05) is 0 Å². The molecule has 0 fully saturated rings. The zero-order valence-corrected chi connectivity index (χ0v) is 10.9. The summed E-state index contributed by atoms with van der Waals surface area (Å²) in [5, 5.41) is 4.21. The first-order chi connectivity index (χ1) is 9.39. The van der Waals surface area contributed by atoms with Crippen LogP contribution in [0.25, 0.3) is 0 Å². The predicted molar refractivity (Wildman–Crippen MR) is 69.1 cm³/mol. The smallest absolute Gasteiger partial charge is 0.398 e. The molecule has 8 heteroatoms. The molecular formula is C12H10F3N3OS. The van der Waals surface area contributed by atoms with Gasteiger partial charge in [0.05, 0.1) is 34.6 Å². The van der Waals surface area contributed by atoms with E-state index in [1.165, 1.54) is 17.4 Å². The van der Waals surface area contributed by atoms with Crippen LogP contribution in [0.15, 0.2) is 29.1 Å². The fourth-order valence-electron chi connectivity index (χ4n) is 1.60. The number of anilines is 1. The van der Waals surface area contributed by atoms with Crippen molar-refractivity contribution in [3.05, 3.63) is 45.9 Å². The maximum absolute atomic E-state index is 12.7. The van der Waals surface area contributed by atoms with Crippen molar-refractivity contribution in [2.24, 2.45) is 0 Å². The van der Waals surface area contributed by atoms with E-state index in [9.17, 15) is 18.0 Å². The fourth-order valence-corrected chi connectivity index (χ4v) is 2.16. The van der Waals surface area contributed by atoms with Crippen molar-refractivity contribution >= 4 is 22.9 Å². The molecule has 1 heterocycles. The molecule has 0 atom stereocenters. The summed E-state index contributed by atoms with van der Waals surface area (Å²) in [6.07, 6.45) is -4.59. The van der Waals surface area contributed by atoms with Crippen LogP contribution < -0.4 is 11.1 Å². The molecule has 0 aliphatic heterocycles. The van der Waals surface area contributed by atoms with Crippen molar-refractivity contribution in [3.63, 3.8) is 0 Å². The Morgan fingerprint density at radius 1 is 1.40 bits per heavy atom. The topological polar surface area (TPSA) is 68.0 Å². The minimum absolute atomic E-state index is 0.137. The second kappa shape index (κ2) is 5.49. The van der Waals surface area contributed by atoms with Crippen molar-refractivity contribution in [2.45, 2.75) is 12.7 Å². The van der Waals surface area contributed by atoms with Crippen molar-refractivity contribution in [1.29, 1.82) is 0 Å². The number of alkyl halides is 3. The molecule has 3 N–H and O–H groups in total. The fraction of sp³-hybridized carbons (Fsp3) is 0.167. The lowest BCUT2D eigenvalue weighted by molar-refractivity contribution is -0.136. The standard InChI is InChI=1S/C12H10F3N3OS/c13-12(14,15)9-3-1-2-8(10(9)16)11(19)17-4-7-5-20-6-18-7/h1-3,5-6H,4,16H2,(H,17,19). The number of rotatable bonds is 3. The third kappa shape index (κ3) is 3.08. The van der Waals surface area contributed by atoms with Gasteiger partial charge in [0.15, 0.2) is 0 Å². The van der Waals surface area contributed by atoms with Gasteiger partial charge in [-0.2, -0.15) is 13.2 Å². The molecule has 4 nitrogen and oxygen atoms in total. The van der Waals surface area contributed by atoms with E-state index in [0.717, 1.165) is 12.1 Å². The molecule has 1 aromatic heterocycles. The highest BCUT2D eigenvalue weighted by atomic mass is 32.1. The second-order valence-electron chi connectivity index (χ2n) is 3.93. The Balaban J connectivity index is 2.18. The van der Waals surface area contributed by atoms with Gasteiger partial charge in [-0.1, -0.05) is 6.07 Å². The van der Waals surface area contributed by atoms with Crippen LogP contribution in [0.4, 0.5) is 18.9 Å². The lowest BCUT2D eigenvalue weighted by Crippen LogP contribution is -2.25. The van der Waals surface area contributed by atoms with Gasteiger partial charge in [-0.05, 0) is 12.1 Å². The Hall–Kier alpha value is -2.09. The van der Waals surface area contributed by atoms with Crippen LogP contribution in [0.5, 0.6) is 0 Å². The van der Waals surface area contributed by atoms with Gasteiger partial charge in [-0.3, -0.25) is 4.79 Å². The van der Waals surface area contributed by atoms with E-state index in [-0.39, 0.29) is 12.1 Å². The minimum Gasteiger partial charge on any atom is -0.398 e. The Bertz CT molecular complexity index is 611. The Morgan fingerprint density at radius 2 is 2.15 bits per heavy atom. The molecule has 0 unspecified atom stereocenters. The average molecular weight is 301 g/mol. The van der Waals surface area contributed by atoms with Gasteiger partial charge in [-0.25, -0.2) is 4.98 Å².